The van der Waals surface area contributed by atoms with Gasteiger partial charge in [-0.15, -0.1) is 11.3 Å². The second kappa shape index (κ2) is 5.38. The minimum absolute atomic E-state index is 0.0777. The number of fused-ring (bicyclic) bond motifs is 1. The van der Waals surface area contributed by atoms with E-state index in [0.29, 0.717) is 20.8 Å². The molecule has 0 radical (unpaired) electrons. The van der Waals surface area contributed by atoms with Crippen LogP contribution in [0.5, 0.6) is 0 Å². The lowest BCUT2D eigenvalue weighted by Gasteiger charge is -2.05. The van der Waals surface area contributed by atoms with Gasteiger partial charge in [-0.1, -0.05) is 23.7 Å². The topological polar surface area (TPSA) is 91.9 Å². The van der Waals surface area contributed by atoms with E-state index in [1.165, 1.54) is 19.1 Å². The Morgan fingerprint density at radius 1 is 1.32 bits per heavy atom. The predicted molar refractivity (Wildman–Crippen MR) is 86.2 cm³/mol. The zero-order valence-corrected chi connectivity index (χ0v) is 13.6. The van der Waals surface area contributed by atoms with Crippen molar-refractivity contribution in [3.05, 3.63) is 40.2 Å². The molecule has 6 nitrogen and oxygen atoms in total. The molecule has 0 aliphatic rings. The van der Waals surface area contributed by atoms with E-state index in [2.05, 4.69) is 14.9 Å². The SMILES string of the molecule is CC(=O)c1cccc2[nH]nc(NS(=O)(=O)c3ccc(Cl)s3)c12. The standard InChI is InChI=1S/C13H10ClN3O3S2/c1-7(18)8-3-2-4-9-12(8)13(16-15-9)17-22(19,20)11-6-5-10(14)21-11/h2-6H,1H3,(H2,15,16,17). The molecule has 0 fully saturated rings. The number of benzene rings is 1. The number of anilines is 1. The first-order valence-corrected chi connectivity index (χ1v) is 8.82. The van der Waals surface area contributed by atoms with E-state index in [9.17, 15) is 13.2 Å². The lowest BCUT2D eigenvalue weighted by atomic mass is 10.1. The summed E-state index contributed by atoms with van der Waals surface area (Å²) in [7, 11) is -3.81. The number of Topliss-reactive ketones (excluding diaryl/α,β-unsaturated/α-hetero) is 1. The van der Waals surface area contributed by atoms with Crippen LogP contribution in [-0.4, -0.2) is 24.4 Å². The van der Waals surface area contributed by atoms with Crippen LogP contribution in [0.15, 0.2) is 34.5 Å². The molecule has 0 aliphatic heterocycles. The number of nitrogens with one attached hydrogen (secondary N) is 2. The number of rotatable bonds is 4. The highest BCUT2D eigenvalue weighted by atomic mass is 35.5. The van der Waals surface area contributed by atoms with E-state index in [0.717, 1.165) is 11.3 Å². The van der Waals surface area contributed by atoms with E-state index in [1.54, 1.807) is 18.2 Å². The number of aromatic nitrogens is 2. The Kier molecular flexibility index (Phi) is 3.67. The Labute approximate surface area is 135 Å². The highest BCUT2D eigenvalue weighted by Gasteiger charge is 2.21. The van der Waals surface area contributed by atoms with Crippen molar-refractivity contribution in [3.63, 3.8) is 0 Å². The van der Waals surface area contributed by atoms with Crippen molar-refractivity contribution in [1.82, 2.24) is 10.2 Å². The van der Waals surface area contributed by atoms with Crippen LogP contribution in [0.1, 0.15) is 17.3 Å². The van der Waals surface area contributed by atoms with E-state index in [-0.39, 0.29) is 15.8 Å². The van der Waals surface area contributed by atoms with E-state index >= 15 is 0 Å². The third kappa shape index (κ3) is 2.60. The minimum atomic E-state index is -3.81. The van der Waals surface area contributed by atoms with Gasteiger partial charge in [0.2, 0.25) is 0 Å². The molecule has 0 spiro atoms. The van der Waals surface area contributed by atoms with Crippen molar-refractivity contribution in [2.75, 3.05) is 4.72 Å². The fraction of sp³-hybridized carbons (Fsp3) is 0.0769. The Bertz CT molecular complexity index is 976. The maximum absolute atomic E-state index is 12.3. The van der Waals surface area contributed by atoms with Crippen molar-refractivity contribution < 1.29 is 13.2 Å². The Hall–Kier alpha value is -1.90. The van der Waals surface area contributed by atoms with Crippen molar-refractivity contribution >= 4 is 55.5 Å². The number of thiophene rings is 1. The van der Waals surface area contributed by atoms with Crippen LogP contribution in [0, 0.1) is 0 Å². The number of aromatic amines is 1. The average Bonchev–Trinajstić information content (AvgIpc) is 3.05. The van der Waals surface area contributed by atoms with Crippen LogP contribution >= 0.6 is 22.9 Å². The van der Waals surface area contributed by atoms with Gasteiger partial charge in [-0.2, -0.15) is 5.10 Å². The van der Waals surface area contributed by atoms with Gasteiger partial charge in [0.25, 0.3) is 10.0 Å². The molecule has 1 aromatic carbocycles. The zero-order valence-electron chi connectivity index (χ0n) is 11.3. The molecule has 0 atom stereocenters. The number of carbonyl (C=O) groups excluding carboxylic acids is 1. The lowest BCUT2D eigenvalue weighted by Crippen LogP contribution is -2.12. The first-order valence-electron chi connectivity index (χ1n) is 6.14. The third-order valence-electron chi connectivity index (χ3n) is 3.01. The maximum Gasteiger partial charge on any atom is 0.272 e. The molecular weight excluding hydrogens is 346 g/mol. The summed E-state index contributed by atoms with van der Waals surface area (Å²) in [5, 5.41) is 7.12. The predicted octanol–water partition coefficient (Wildman–Crippen LogP) is 3.28. The van der Waals surface area contributed by atoms with Crippen molar-refractivity contribution in [1.29, 1.82) is 0 Å². The van der Waals surface area contributed by atoms with Crippen molar-refractivity contribution in [3.8, 4) is 0 Å². The summed E-state index contributed by atoms with van der Waals surface area (Å²) in [4.78, 5) is 11.7. The fourth-order valence-corrected chi connectivity index (χ4v) is 4.56. The van der Waals surface area contributed by atoms with Gasteiger partial charge < -0.3 is 0 Å². The quantitative estimate of drug-likeness (QED) is 0.702. The van der Waals surface area contributed by atoms with Gasteiger partial charge in [0.15, 0.2) is 11.6 Å². The van der Waals surface area contributed by atoms with Crippen LogP contribution in [0.25, 0.3) is 10.9 Å². The zero-order chi connectivity index (χ0) is 15.9. The summed E-state index contributed by atoms with van der Waals surface area (Å²) in [6, 6.07) is 7.96. The first kappa shape index (κ1) is 15.0. The van der Waals surface area contributed by atoms with Gasteiger partial charge in [-0.3, -0.25) is 14.6 Å². The number of ketones is 1. The number of H-pyrrole nitrogens is 1. The minimum Gasteiger partial charge on any atom is -0.294 e. The van der Waals surface area contributed by atoms with Gasteiger partial charge >= 0.3 is 0 Å². The highest BCUT2D eigenvalue weighted by Crippen LogP contribution is 2.30. The van der Waals surface area contributed by atoms with Crippen LogP contribution in [0.2, 0.25) is 4.34 Å². The summed E-state index contributed by atoms with van der Waals surface area (Å²) in [6.45, 7) is 1.42. The molecule has 0 bridgehead atoms. The summed E-state index contributed by atoms with van der Waals surface area (Å²) >= 11 is 6.71. The monoisotopic (exact) mass is 355 g/mol. The maximum atomic E-state index is 12.3. The molecule has 3 aromatic rings. The number of nitrogens with zero attached hydrogens (tertiary/aromatic N) is 1. The molecule has 2 aromatic heterocycles. The van der Waals surface area contributed by atoms with Gasteiger partial charge in [0, 0.05) is 5.56 Å². The average molecular weight is 356 g/mol. The fourth-order valence-electron chi connectivity index (χ4n) is 2.06. The number of hydrogen-bond donors (Lipinski definition) is 2. The van der Waals surface area contributed by atoms with Crippen LogP contribution in [-0.2, 0) is 10.0 Å². The Balaban J connectivity index is 2.10. The molecule has 0 unspecified atom stereocenters. The van der Waals surface area contributed by atoms with Crippen molar-refractivity contribution in [2.24, 2.45) is 0 Å². The molecular formula is C13H10ClN3O3S2. The van der Waals surface area contributed by atoms with E-state index < -0.39 is 10.0 Å². The molecule has 0 saturated carbocycles. The van der Waals surface area contributed by atoms with E-state index in [4.69, 9.17) is 11.6 Å². The second-order valence-corrected chi connectivity index (χ2v) is 8.14. The van der Waals surface area contributed by atoms with Gasteiger partial charge in [0.05, 0.1) is 15.2 Å². The van der Waals surface area contributed by atoms with Gasteiger partial charge in [0.1, 0.15) is 4.21 Å². The molecule has 114 valence electrons. The van der Waals surface area contributed by atoms with Crippen molar-refractivity contribution in [2.45, 2.75) is 11.1 Å². The molecule has 2 N–H and O–H groups in total. The van der Waals surface area contributed by atoms with Crippen LogP contribution < -0.4 is 4.72 Å². The number of sulfonamides is 1. The Morgan fingerprint density at radius 2 is 2.09 bits per heavy atom. The Morgan fingerprint density at radius 3 is 2.73 bits per heavy atom. The molecule has 9 heteroatoms. The van der Waals surface area contributed by atoms with Crippen LogP contribution in [0.4, 0.5) is 5.82 Å². The number of halogens is 1. The summed E-state index contributed by atoms with van der Waals surface area (Å²) < 4.78 is 27.5. The van der Waals surface area contributed by atoms with Crippen LogP contribution in [0.3, 0.4) is 0 Å². The molecule has 0 aliphatic carbocycles. The molecule has 3 rings (SSSR count). The number of carbonyl (C=O) groups is 1. The molecule has 2 heterocycles. The summed E-state index contributed by atoms with van der Waals surface area (Å²) in [5.41, 5.74) is 0.975. The summed E-state index contributed by atoms with van der Waals surface area (Å²) in [6.07, 6.45) is 0. The summed E-state index contributed by atoms with van der Waals surface area (Å²) in [5.74, 6) is -0.0862. The normalized spacial score (nSPS) is 11.7. The molecule has 22 heavy (non-hydrogen) atoms. The second-order valence-electron chi connectivity index (χ2n) is 4.52. The van der Waals surface area contributed by atoms with Gasteiger partial charge in [-0.25, -0.2) is 8.42 Å². The van der Waals surface area contributed by atoms with E-state index in [1.807, 2.05) is 0 Å². The third-order valence-corrected chi connectivity index (χ3v) is 6.08. The highest BCUT2D eigenvalue weighted by molar-refractivity contribution is 7.94. The lowest BCUT2D eigenvalue weighted by molar-refractivity contribution is 0.101. The number of hydrogen-bond acceptors (Lipinski definition) is 5. The van der Waals surface area contributed by atoms with Gasteiger partial charge in [-0.05, 0) is 25.1 Å². The molecule has 0 amide bonds. The first-order chi connectivity index (χ1) is 10.4. The smallest absolute Gasteiger partial charge is 0.272 e. The largest absolute Gasteiger partial charge is 0.294 e. The molecule has 0 saturated heterocycles.